The summed E-state index contributed by atoms with van der Waals surface area (Å²) >= 11 is 0. The molecule has 0 fully saturated rings. The van der Waals surface area contributed by atoms with Crippen LogP contribution in [0.25, 0.3) is 0 Å². The molecule has 6 nitrogen and oxygen atoms in total. The second-order valence-electron chi connectivity index (χ2n) is 3.73. The van der Waals surface area contributed by atoms with Gasteiger partial charge in [0.1, 0.15) is 18.1 Å². The molecule has 0 atom stereocenters. The summed E-state index contributed by atoms with van der Waals surface area (Å²) < 4.78 is 7.06. The maximum Gasteiger partial charge on any atom is 0.306 e. The fraction of sp³-hybridized carbons (Fsp3) is 0.250. The van der Waals surface area contributed by atoms with Crippen molar-refractivity contribution < 1.29 is 9.66 Å². The Morgan fingerprint density at radius 1 is 1.33 bits per heavy atom. The van der Waals surface area contributed by atoms with E-state index in [1.54, 1.807) is 4.68 Å². The zero-order chi connectivity index (χ0) is 12.8. The number of ether oxygens (including phenoxy) is 1. The highest BCUT2D eigenvalue weighted by Crippen LogP contribution is 2.10. The van der Waals surface area contributed by atoms with E-state index in [1.807, 2.05) is 30.3 Å². The van der Waals surface area contributed by atoms with Crippen molar-refractivity contribution in [1.29, 1.82) is 0 Å². The van der Waals surface area contributed by atoms with E-state index in [9.17, 15) is 10.1 Å². The molecule has 2 rings (SSSR count). The van der Waals surface area contributed by atoms with Crippen LogP contribution in [0, 0.1) is 10.1 Å². The second kappa shape index (κ2) is 5.81. The SMILES string of the molecule is O=[N+]([O-])c1cnn(CCCOc2ccccc2)c1. The van der Waals surface area contributed by atoms with Crippen molar-refractivity contribution >= 4 is 5.69 Å². The summed E-state index contributed by atoms with van der Waals surface area (Å²) in [6.45, 7) is 1.15. The molecule has 0 N–H and O–H groups in total. The quantitative estimate of drug-likeness (QED) is 0.446. The highest BCUT2D eigenvalue weighted by Gasteiger charge is 2.07. The predicted octanol–water partition coefficient (Wildman–Crippen LogP) is 2.26. The monoisotopic (exact) mass is 247 g/mol. The molecule has 0 aliphatic carbocycles. The van der Waals surface area contributed by atoms with Crippen LogP contribution < -0.4 is 4.74 Å². The maximum atomic E-state index is 10.5. The minimum atomic E-state index is -0.454. The van der Waals surface area contributed by atoms with Gasteiger partial charge in [0, 0.05) is 13.0 Å². The van der Waals surface area contributed by atoms with E-state index in [2.05, 4.69) is 5.10 Å². The van der Waals surface area contributed by atoms with Gasteiger partial charge >= 0.3 is 5.69 Å². The fourth-order valence-corrected chi connectivity index (χ4v) is 1.50. The summed E-state index contributed by atoms with van der Waals surface area (Å²) in [6.07, 6.45) is 3.41. The van der Waals surface area contributed by atoms with Gasteiger partial charge in [-0.2, -0.15) is 5.10 Å². The number of nitrogens with zero attached hydrogens (tertiary/aromatic N) is 3. The van der Waals surface area contributed by atoms with E-state index in [0.29, 0.717) is 13.2 Å². The lowest BCUT2D eigenvalue weighted by molar-refractivity contribution is -0.385. The van der Waals surface area contributed by atoms with Gasteiger partial charge in [-0.15, -0.1) is 0 Å². The van der Waals surface area contributed by atoms with Crippen molar-refractivity contribution in [1.82, 2.24) is 9.78 Å². The Morgan fingerprint density at radius 2 is 2.11 bits per heavy atom. The van der Waals surface area contributed by atoms with Crippen molar-refractivity contribution in [2.75, 3.05) is 6.61 Å². The first-order valence-electron chi connectivity index (χ1n) is 5.60. The lowest BCUT2D eigenvalue weighted by Gasteiger charge is -2.05. The van der Waals surface area contributed by atoms with E-state index in [4.69, 9.17) is 4.74 Å². The molecule has 94 valence electrons. The molecule has 0 amide bonds. The maximum absolute atomic E-state index is 10.5. The first kappa shape index (κ1) is 12.1. The first-order valence-corrected chi connectivity index (χ1v) is 5.60. The van der Waals surface area contributed by atoms with Crippen LogP contribution in [0.5, 0.6) is 5.75 Å². The molecular formula is C12H13N3O3. The predicted molar refractivity (Wildman–Crippen MR) is 65.4 cm³/mol. The van der Waals surface area contributed by atoms with Gasteiger partial charge in [0.2, 0.25) is 0 Å². The standard InChI is InChI=1S/C12H13N3O3/c16-15(17)11-9-13-14(10-11)7-4-8-18-12-5-2-1-3-6-12/h1-3,5-6,9-10H,4,7-8H2. The molecule has 1 aromatic heterocycles. The van der Waals surface area contributed by atoms with Gasteiger partial charge < -0.3 is 4.74 Å². The average molecular weight is 247 g/mol. The van der Waals surface area contributed by atoms with Crippen LogP contribution in [0.15, 0.2) is 42.7 Å². The molecule has 1 aromatic carbocycles. The van der Waals surface area contributed by atoms with E-state index in [0.717, 1.165) is 12.2 Å². The van der Waals surface area contributed by atoms with Crippen LogP contribution in [0.1, 0.15) is 6.42 Å². The Kier molecular flexibility index (Phi) is 3.90. The zero-order valence-corrected chi connectivity index (χ0v) is 9.73. The normalized spacial score (nSPS) is 10.2. The van der Waals surface area contributed by atoms with Crippen molar-refractivity contribution in [3.63, 3.8) is 0 Å². The summed E-state index contributed by atoms with van der Waals surface area (Å²) in [5.74, 6) is 0.823. The Morgan fingerprint density at radius 3 is 2.78 bits per heavy atom. The Bertz CT molecular complexity index is 510. The van der Waals surface area contributed by atoms with Crippen LogP contribution >= 0.6 is 0 Å². The summed E-state index contributed by atoms with van der Waals surface area (Å²) in [7, 11) is 0. The first-order chi connectivity index (χ1) is 8.75. The van der Waals surface area contributed by atoms with E-state index in [-0.39, 0.29) is 5.69 Å². The topological polar surface area (TPSA) is 70.2 Å². The van der Waals surface area contributed by atoms with Crippen LogP contribution in [0.3, 0.4) is 0 Å². The lowest BCUT2D eigenvalue weighted by Crippen LogP contribution is -2.04. The van der Waals surface area contributed by atoms with E-state index in [1.165, 1.54) is 12.4 Å². The van der Waals surface area contributed by atoms with Crippen LogP contribution in [0.2, 0.25) is 0 Å². The fourth-order valence-electron chi connectivity index (χ4n) is 1.50. The summed E-state index contributed by atoms with van der Waals surface area (Å²) in [4.78, 5) is 10.0. The third kappa shape index (κ3) is 3.31. The zero-order valence-electron chi connectivity index (χ0n) is 9.73. The molecule has 0 aliphatic rings. The molecule has 6 heteroatoms. The van der Waals surface area contributed by atoms with Crippen molar-refractivity contribution in [2.24, 2.45) is 0 Å². The minimum Gasteiger partial charge on any atom is -0.494 e. The molecule has 0 aliphatic heterocycles. The molecule has 0 radical (unpaired) electrons. The minimum absolute atomic E-state index is 0.0129. The summed E-state index contributed by atoms with van der Waals surface area (Å²) in [5, 5.41) is 14.4. The second-order valence-corrected chi connectivity index (χ2v) is 3.73. The van der Waals surface area contributed by atoms with Gasteiger partial charge in [0.25, 0.3) is 0 Å². The largest absolute Gasteiger partial charge is 0.494 e. The van der Waals surface area contributed by atoms with Crippen molar-refractivity contribution in [2.45, 2.75) is 13.0 Å². The molecule has 0 unspecified atom stereocenters. The van der Waals surface area contributed by atoms with Gasteiger partial charge in [-0.05, 0) is 12.1 Å². The Balaban J connectivity index is 1.73. The molecular weight excluding hydrogens is 234 g/mol. The molecule has 0 saturated heterocycles. The number of rotatable bonds is 6. The number of hydrogen-bond acceptors (Lipinski definition) is 4. The number of hydrogen-bond donors (Lipinski definition) is 0. The molecule has 18 heavy (non-hydrogen) atoms. The van der Waals surface area contributed by atoms with Crippen LogP contribution in [-0.4, -0.2) is 21.3 Å². The number of aryl methyl sites for hydroxylation is 1. The highest BCUT2D eigenvalue weighted by molar-refractivity contribution is 5.21. The molecule has 0 bridgehead atoms. The van der Waals surface area contributed by atoms with Crippen molar-refractivity contribution in [3.8, 4) is 5.75 Å². The van der Waals surface area contributed by atoms with Crippen LogP contribution in [-0.2, 0) is 6.54 Å². The number of para-hydroxylation sites is 1. The van der Waals surface area contributed by atoms with Gasteiger partial charge in [0.05, 0.1) is 11.5 Å². The average Bonchev–Trinajstić information content (AvgIpc) is 2.85. The van der Waals surface area contributed by atoms with Gasteiger partial charge in [-0.1, -0.05) is 18.2 Å². The number of nitro groups is 1. The van der Waals surface area contributed by atoms with E-state index < -0.39 is 4.92 Å². The Labute approximate surface area is 104 Å². The molecule has 0 saturated carbocycles. The van der Waals surface area contributed by atoms with Gasteiger partial charge in [0.15, 0.2) is 0 Å². The molecule has 0 spiro atoms. The number of benzene rings is 1. The highest BCUT2D eigenvalue weighted by atomic mass is 16.6. The van der Waals surface area contributed by atoms with Gasteiger partial charge in [-0.25, -0.2) is 0 Å². The summed E-state index contributed by atoms with van der Waals surface area (Å²) in [5.41, 5.74) is 0.0129. The smallest absolute Gasteiger partial charge is 0.306 e. The van der Waals surface area contributed by atoms with Gasteiger partial charge in [-0.3, -0.25) is 14.8 Å². The van der Waals surface area contributed by atoms with Crippen LogP contribution in [0.4, 0.5) is 5.69 Å². The van der Waals surface area contributed by atoms with E-state index >= 15 is 0 Å². The summed E-state index contributed by atoms with van der Waals surface area (Å²) in [6, 6.07) is 9.52. The Hall–Kier alpha value is -2.37. The lowest BCUT2D eigenvalue weighted by atomic mass is 10.3. The number of aromatic nitrogens is 2. The molecule has 1 heterocycles. The van der Waals surface area contributed by atoms with Crippen molar-refractivity contribution in [3.05, 3.63) is 52.8 Å². The third-order valence-corrected chi connectivity index (χ3v) is 2.37. The molecule has 2 aromatic rings. The third-order valence-electron chi connectivity index (χ3n) is 2.37.